The highest BCUT2D eigenvalue weighted by Crippen LogP contribution is 2.29. The van der Waals surface area contributed by atoms with E-state index >= 15 is 0 Å². The van der Waals surface area contributed by atoms with Gasteiger partial charge in [0.15, 0.2) is 0 Å². The van der Waals surface area contributed by atoms with E-state index in [-0.39, 0.29) is 5.91 Å². The number of amides is 1. The second-order valence-electron chi connectivity index (χ2n) is 9.72. The van der Waals surface area contributed by atoms with Gasteiger partial charge in [0.05, 0.1) is 6.61 Å². The number of allylic oxidation sites excluding steroid dienone is 3. The van der Waals surface area contributed by atoms with Crippen LogP contribution < -0.4 is 5.32 Å². The smallest absolute Gasteiger partial charge is 0.326 e. The average Bonchev–Trinajstić information content (AvgIpc) is 3.56. The predicted octanol–water partition coefficient (Wildman–Crippen LogP) is 8.09. The number of nitrogens with one attached hydrogen (secondary N) is 1. The molecule has 1 aliphatic heterocycles. The molecule has 3 rings (SSSR count). The van der Waals surface area contributed by atoms with E-state index in [0.29, 0.717) is 24.3 Å². The molecule has 2 N–H and O–H groups in total. The fourth-order valence-corrected chi connectivity index (χ4v) is 4.97. The highest BCUT2D eigenvalue weighted by molar-refractivity contribution is 7.98. The number of aryl methyl sites for hydroxylation is 1. The molecule has 1 aliphatic rings. The maximum Gasteiger partial charge on any atom is 0.326 e. The summed E-state index contributed by atoms with van der Waals surface area (Å²) in [6, 6.07) is 13.0. The Balaban J connectivity index is 0.00000112. The first-order chi connectivity index (χ1) is 21.3. The maximum atomic E-state index is 13.1. The molecule has 244 valence electrons. The van der Waals surface area contributed by atoms with Gasteiger partial charge in [-0.3, -0.25) is 9.69 Å². The molecule has 44 heavy (non-hydrogen) atoms. The quantitative estimate of drug-likeness (QED) is 0.151. The third-order valence-electron chi connectivity index (χ3n) is 6.71. The van der Waals surface area contributed by atoms with Crippen molar-refractivity contribution in [2.45, 2.75) is 59.5 Å². The van der Waals surface area contributed by atoms with Crippen molar-refractivity contribution in [1.29, 1.82) is 0 Å². The molecular weight excluding hydrogens is 589 g/mol. The van der Waals surface area contributed by atoms with Crippen LogP contribution in [0.2, 0.25) is 0 Å². The molecular formula is C36H54N2O4S2. The zero-order valence-electron chi connectivity index (χ0n) is 27.8. The molecule has 6 nitrogen and oxygen atoms in total. The molecule has 2 aromatic rings. The topological polar surface area (TPSA) is 78.9 Å². The number of thiol groups is 1. The van der Waals surface area contributed by atoms with E-state index in [1.165, 1.54) is 24.0 Å². The fraction of sp³-hybridized carbons (Fsp3) is 0.444. The molecule has 1 saturated heterocycles. The van der Waals surface area contributed by atoms with Crippen molar-refractivity contribution in [3.8, 4) is 11.1 Å². The Hall–Kier alpha value is -2.78. The third kappa shape index (κ3) is 15.3. The average molecular weight is 643 g/mol. The van der Waals surface area contributed by atoms with Gasteiger partial charge in [0.25, 0.3) is 5.91 Å². The van der Waals surface area contributed by atoms with Crippen LogP contribution in [0.1, 0.15) is 61.5 Å². The van der Waals surface area contributed by atoms with E-state index in [4.69, 9.17) is 4.74 Å². The van der Waals surface area contributed by atoms with Gasteiger partial charge in [0, 0.05) is 19.2 Å². The number of carbonyl (C=O) groups excluding carboxylic acids is 1. The van der Waals surface area contributed by atoms with Crippen molar-refractivity contribution >= 4 is 36.3 Å². The number of likely N-dealkylation sites (tertiary alicyclic amines) is 1. The van der Waals surface area contributed by atoms with Crippen LogP contribution in [0.15, 0.2) is 78.9 Å². The van der Waals surface area contributed by atoms with Crippen molar-refractivity contribution in [2.75, 3.05) is 45.1 Å². The SMILES string of the molecule is C=C/C=C\C(=C/C)COC.CC.CS.CSCCC(NC(=O)c1ccc(CN2CCCC2)cc1-c1ccccc1C)C(=O)O. The van der Waals surface area contributed by atoms with Crippen LogP contribution in [0.25, 0.3) is 11.1 Å². The first-order valence-corrected chi connectivity index (χ1v) is 17.4. The lowest BCUT2D eigenvalue weighted by molar-refractivity contribution is -0.139. The molecule has 0 radical (unpaired) electrons. The van der Waals surface area contributed by atoms with Gasteiger partial charge < -0.3 is 15.2 Å². The minimum Gasteiger partial charge on any atom is -0.480 e. The largest absolute Gasteiger partial charge is 0.480 e. The molecule has 1 unspecified atom stereocenters. The monoisotopic (exact) mass is 642 g/mol. The first-order valence-electron chi connectivity index (χ1n) is 15.2. The lowest BCUT2D eigenvalue weighted by Crippen LogP contribution is -2.41. The summed E-state index contributed by atoms with van der Waals surface area (Å²) in [6.07, 6.45) is 14.1. The van der Waals surface area contributed by atoms with Crippen molar-refractivity contribution in [1.82, 2.24) is 10.2 Å². The molecule has 8 heteroatoms. The number of nitrogens with zero attached hydrogens (tertiary/aromatic N) is 1. The molecule has 1 heterocycles. The summed E-state index contributed by atoms with van der Waals surface area (Å²) in [5.74, 6) is -0.661. The number of methoxy groups -OCH3 is 1. The van der Waals surface area contributed by atoms with Crippen LogP contribution in [-0.4, -0.2) is 73.0 Å². The van der Waals surface area contributed by atoms with Crippen LogP contribution in [-0.2, 0) is 16.1 Å². The summed E-state index contributed by atoms with van der Waals surface area (Å²) in [5.41, 5.74) is 5.80. The Bertz CT molecular complexity index is 1170. The van der Waals surface area contributed by atoms with Crippen molar-refractivity contribution in [2.24, 2.45) is 0 Å². The Kier molecular flexibility index (Phi) is 23.9. The minimum atomic E-state index is -1.000. The summed E-state index contributed by atoms with van der Waals surface area (Å²) >= 11 is 5.10. The number of hydrogen-bond acceptors (Lipinski definition) is 6. The number of carbonyl (C=O) groups is 2. The summed E-state index contributed by atoms with van der Waals surface area (Å²) in [6.45, 7) is 15.3. The van der Waals surface area contributed by atoms with Gasteiger partial charge in [0.2, 0.25) is 0 Å². The summed E-state index contributed by atoms with van der Waals surface area (Å²) in [7, 11) is 1.69. The Labute approximate surface area is 276 Å². The van der Waals surface area contributed by atoms with Gasteiger partial charge in [-0.05, 0) is 104 Å². The molecule has 1 amide bonds. The normalized spacial score (nSPS) is 13.4. The zero-order chi connectivity index (χ0) is 33.3. The maximum absolute atomic E-state index is 13.1. The number of hydrogen-bond donors (Lipinski definition) is 3. The van der Waals surface area contributed by atoms with Crippen LogP contribution in [0.5, 0.6) is 0 Å². The lowest BCUT2D eigenvalue weighted by Gasteiger charge is -2.19. The lowest BCUT2D eigenvalue weighted by atomic mass is 9.93. The first kappa shape index (κ1) is 41.2. The van der Waals surface area contributed by atoms with E-state index in [1.54, 1.807) is 31.2 Å². The Morgan fingerprint density at radius 1 is 1.14 bits per heavy atom. The van der Waals surface area contributed by atoms with Crippen LogP contribution in [0, 0.1) is 6.92 Å². The molecule has 0 aromatic heterocycles. The van der Waals surface area contributed by atoms with Crippen LogP contribution >= 0.6 is 24.4 Å². The Morgan fingerprint density at radius 2 is 1.80 bits per heavy atom. The Morgan fingerprint density at radius 3 is 2.34 bits per heavy atom. The van der Waals surface area contributed by atoms with Gasteiger partial charge in [-0.15, -0.1) is 0 Å². The van der Waals surface area contributed by atoms with E-state index in [9.17, 15) is 14.7 Å². The minimum absolute atomic E-state index is 0.338. The third-order valence-corrected chi connectivity index (χ3v) is 7.35. The van der Waals surface area contributed by atoms with Crippen molar-refractivity contribution in [3.05, 3.63) is 95.6 Å². The van der Waals surface area contributed by atoms with Crippen LogP contribution in [0.3, 0.4) is 0 Å². The molecule has 2 aromatic carbocycles. The van der Waals surface area contributed by atoms with Gasteiger partial charge in [-0.2, -0.15) is 24.4 Å². The molecule has 0 bridgehead atoms. The summed E-state index contributed by atoms with van der Waals surface area (Å²) in [5, 5.41) is 12.2. The number of thioether (sulfide) groups is 1. The molecule has 0 spiro atoms. The second-order valence-corrected chi connectivity index (χ2v) is 10.7. The summed E-state index contributed by atoms with van der Waals surface area (Å²) < 4.78 is 4.94. The second kappa shape index (κ2) is 25.5. The summed E-state index contributed by atoms with van der Waals surface area (Å²) in [4.78, 5) is 27.1. The predicted molar refractivity (Wildman–Crippen MR) is 194 cm³/mol. The van der Waals surface area contributed by atoms with E-state index in [2.05, 4.69) is 35.5 Å². The molecule has 1 atom stereocenters. The number of benzene rings is 2. The standard InChI is InChI=1S/C24H30N2O3S.C9H14O.C2H6.CH4S/c1-17-7-3-4-8-19(17)21-15-18(16-26-12-5-6-13-26)9-10-20(21)23(27)25-22(24(28)29)11-14-30-2;1-4-6-7-9(5-2)8-10-3;2*1-2/h3-4,7-10,15,22H,5-6,11-14,16H2,1-2H3,(H,25,27)(H,28,29);4-7H,1,8H2,2-3H3;1-2H3;2H,1H3/b;7-6-,9-5+;;. The van der Waals surface area contributed by atoms with Gasteiger partial charge in [-0.1, -0.05) is 75.1 Å². The number of aliphatic carboxylic acids is 1. The van der Waals surface area contributed by atoms with Gasteiger partial charge in [-0.25, -0.2) is 4.79 Å². The highest BCUT2D eigenvalue weighted by atomic mass is 32.2. The van der Waals surface area contributed by atoms with E-state index < -0.39 is 12.0 Å². The fourth-order valence-electron chi connectivity index (χ4n) is 4.50. The number of rotatable bonds is 13. The number of ether oxygens (including phenoxy) is 1. The van der Waals surface area contributed by atoms with E-state index in [0.717, 1.165) is 36.3 Å². The van der Waals surface area contributed by atoms with Crippen molar-refractivity contribution < 1.29 is 19.4 Å². The molecule has 0 aliphatic carbocycles. The molecule has 0 saturated carbocycles. The highest BCUT2D eigenvalue weighted by Gasteiger charge is 2.23. The van der Waals surface area contributed by atoms with Gasteiger partial charge in [0.1, 0.15) is 6.04 Å². The van der Waals surface area contributed by atoms with Crippen LogP contribution in [0.4, 0.5) is 0 Å². The molecule has 1 fully saturated rings. The van der Waals surface area contributed by atoms with Gasteiger partial charge >= 0.3 is 5.97 Å². The van der Waals surface area contributed by atoms with Crippen molar-refractivity contribution in [3.63, 3.8) is 0 Å². The number of carboxylic acids is 1. The zero-order valence-corrected chi connectivity index (χ0v) is 29.5. The van der Waals surface area contributed by atoms with E-state index in [1.807, 2.05) is 88.6 Å². The number of carboxylic acid groups (broad SMARTS) is 1.